The van der Waals surface area contributed by atoms with E-state index in [4.69, 9.17) is 24.4 Å². The second-order valence-corrected chi connectivity index (χ2v) is 9.11. The molecule has 2 saturated heterocycles. The van der Waals surface area contributed by atoms with Gasteiger partial charge < -0.3 is 18.9 Å². The van der Waals surface area contributed by atoms with Crippen molar-refractivity contribution in [3.63, 3.8) is 0 Å². The van der Waals surface area contributed by atoms with E-state index in [0.717, 1.165) is 97.7 Å². The van der Waals surface area contributed by atoms with Crippen molar-refractivity contribution in [3.8, 4) is 17.1 Å². The van der Waals surface area contributed by atoms with Gasteiger partial charge in [0.2, 0.25) is 0 Å². The van der Waals surface area contributed by atoms with Gasteiger partial charge in [0.05, 0.1) is 7.11 Å². The first-order valence-corrected chi connectivity index (χ1v) is 12.1. The summed E-state index contributed by atoms with van der Waals surface area (Å²) in [6.07, 6.45) is 1.85. The SMILES string of the molecule is COc1ccc(-c2nc3c(N4CCN(CCF)CC4)nc(C)nc3n2C2CCOCC2)c(C)c1. The van der Waals surface area contributed by atoms with E-state index in [1.165, 1.54) is 0 Å². The van der Waals surface area contributed by atoms with E-state index in [1.54, 1.807) is 7.11 Å². The Labute approximate surface area is 199 Å². The van der Waals surface area contributed by atoms with Crippen LogP contribution in [0.4, 0.5) is 10.2 Å². The normalized spacial score (nSPS) is 18.1. The zero-order chi connectivity index (χ0) is 23.7. The summed E-state index contributed by atoms with van der Waals surface area (Å²) in [4.78, 5) is 19.4. The lowest BCUT2D eigenvalue weighted by Gasteiger charge is -2.35. The van der Waals surface area contributed by atoms with Crippen LogP contribution in [0.3, 0.4) is 0 Å². The summed E-state index contributed by atoms with van der Waals surface area (Å²) in [5.41, 5.74) is 3.89. The zero-order valence-corrected chi connectivity index (χ0v) is 20.3. The molecule has 2 fully saturated rings. The van der Waals surface area contributed by atoms with Gasteiger partial charge in [0.1, 0.15) is 24.1 Å². The second kappa shape index (κ2) is 9.84. The molecule has 9 heteroatoms. The fourth-order valence-electron chi connectivity index (χ4n) is 5.08. The van der Waals surface area contributed by atoms with Gasteiger partial charge >= 0.3 is 0 Å². The first kappa shape index (κ1) is 23.0. The molecule has 5 rings (SSSR count). The molecule has 0 bridgehead atoms. The third-order valence-corrected chi connectivity index (χ3v) is 6.94. The van der Waals surface area contributed by atoms with Crippen LogP contribution in [-0.2, 0) is 4.74 Å². The molecule has 8 nitrogen and oxygen atoms in total. The standard InChI is InChI=1S/C25H33FN6O2/c1-17-16-20(33-3)4-5-21(17)23-29-22-24(31-12-10-30(9-8-26)11-13-31)27-18(2)28-25(22)32(23)19-6-14-34-15-7-19/h4-5,16,19H,6-15H2,1-3H3. The predicted molar refractivity (Wildman–Crippen MR) is 131 cm³/mol. The smallest absolute Gasteiger partial charge is 0.166 e. The number of halogens is 1. The molecule has 0 saturated carbocycles. The Morgan fingerprint density at radius 1 is 1.06 bits per heavy atom. The van der Waals surface area contributed by atoms with Crippen LogP contribution in [0.5, 0.6) is 5.75 Å². The number of alkyl halides is 1. The molecular weight excluding hydrogens is 435 g/mol. The Balaban J connectivity index is 1.64. The van der Waals surface area contributed by atoms with Crippen molar-refractivity contribution >= 4 is 17.0 Å². The molecule has 34 heavy (non-hydrogen) atoms. The maximum atomic E-state index is 12.8. The van der Waals surface area contributed by atoms with Crippen LogP contribution in [0.2, 0.25) is 0 Å². The van der Waals surface area contributed by atoms with Crippen molar-refractivity contribution < 1.29 is 13.9 Å². The number of imidazole rings is 1. The molecule has 0 N–H and O–H groups in total. The molecule has 1 aromatic carbocycles. The molecule has 0 unspecified atom stereocenters. The molecule has 3 aromatic rings. The van der Waals surface area contributed by atoms with E-state index < -0.39 is 0 Å². The zero-order valence-electron chi connectivity index (χ0n) is 20.3. The maximum Gasteiger partial charge on any atom is 0.166 e. The number of ether oxygens (including phenoxy) is 2. The number of aryl methyl sites for hydroxylation is 2. The van der Waals surface area contributed by atoms with Crippen LogP contribution in [0.25, 0.3) is 22.6 Å². The molecular formula is C25H33FN6O2. The quantitative estimate of drug-likeness (QED) is 0.548. The van der Waals surface area contributed by atoms with Gasteiger partial charge in [-0.25, -0.2) is 19.3 Å². The lowest BCUT2D eigenvalue weighted by molar-refractivity contribution is 0.0708. The second-order valence-electron chi connectivity index (χ2n) is 9.11. The van der Waals surface area contributed by atoms with Gasteiger partial charge in [-0.15, -0.1) is 0 Å². The van der Waals surface area contributed by atoms with E-state index in [2.05, 4.69) is 27.4 Å². The number of piperazine rings is 1. The molecule has 4 heterocycles. The van der Waals surface area contributed by atoms with Gasteiger partial charge in [-0.3, -0.25) is 4.90 Å². The predicted octanol–water partition coefficient (Wildman–Crippen LogP) is 3.56. The largest absolute Gasteiger partial charge is 0.497 e. The molecule has 0 radical (unpaired) electrons. The Kier molecular flexibility index (Phi) is 6.65. The Morgan fingerprint density at radius 2 is 1.82 bits per heavy atom. The van der Waals surface area contributed by atoms with E-state index >= 15 is 0 Å². The summed E-state index contributed by atoms with van der Waals surface area (Å²) in [6, 6.07) is 6.38. The van der Waals surface area contributed by atoms with Gasteiger partial charge in [0.15, 0.2) is 17.0 Å². The van der Waals surface area contributed by atoms with Crippen molar-refractivity contribution in [1.82, 2.24) is 24.4 Å². The number of rotatable bonds is 6. The van der Waals surface area contributed by atoms with Crippen molar-refractivity contribution in [2.75, 3.05) is 64.6 Å². The third-order valence-electron chi connectivity index (χ3n) is 6.94. The fourth-order valence-corrected chi connectivity index (χ4v) is 5.08. The monoisotopic (exact) mass is 468 g/mol. The van der Waals surface area contributed by atoms with Crippen molar-refractivity contribution in [2.45, 2.75) is 32.7 Å². The summed E-state index contributed by atoms with van der Waals surface area (Å²) < 4.78 is 26.2. The van der Waals surface area contributed by atoms with Gasteiger partial charge in [0.25, 0.3) is 0 Å². The summed E-state index contributed by atoms with van der Waals surface area (Å²) >= 11 is 0. The van der Waals surface area contributed by atoms with Crippen LogP contribution in [0.1, 0.15) is 30.3 Å². The topological polar surface area (TPSA) is 68.5 Å². The average molecular weight is 469 g/mol. The van der Waals surface area contributed by atoms with Gasteiger partial charge in [-0.05, 0) is 50.5 Å². The molecule has 182 valence electrons. The lowest BCUT2D eigenvalue weighted by atomic mass is 10.1. The number of fused-ring (bicyclic) bond motifs is 1. The third kappa shape index (κ3) is 4.34. The first-order chi connectivity index (χ1) is 16.6. The molecule has 0 aliphatic carbocycles. The Bertz CT molecular complexity index is 1150. The maximum absolute atomic E-state index is 12.8. The number of anilines is 1. The molecule has 2 aliphatic heterocycles. The minimum absolute atomic E-state index is 0.263. The summed E-state index contributed by atoms with van der Waals surface area (Å²) in [7, 11) is 1.68. The number of benzene rings is 1. The van der Waals surface area contributed by atoms with Gasteiger partial charge in [0, 0.05) is 57.5 Å². The van der Waals surface area contributed by atoms with Crippen LogP contribution < -0.4 is 9.64 Å². The van der Waals surface area contributed by atoms with Crippen LogP contribution >= 0.6 is 0 Å². The molecule has 2 aliphatic rings. The summed E-state index contributed by atoms with van der Waals surface area (Å²) in [5.74, 6) is 3.36. The van der Waals surface area contributed by atoms with Crippen LogP contribution in [0.15, 0.2) is 18.2 Å². The fraction of sp³-hybridized carbons (Fsp3) is 0.560. The lowest BCUT2D eigenvalue weighted by Crippen LogP contribution is -2.47. The molecule has 0 amide bonds. The van der Waals surface area contributed by atoms with Gasteiger partial charge in [-0.1, -0.05) is 0 Å². The highest BCUT2D eigenvalue weighted by Gasteiger charge is 2.28. The number of hydrogen-bond donors (Lipinski definition) is 0. The highest BCUT2D eigenvalue weighted by molar-refractivity contribution is 5.88. The van der Waals surface area contributed by atoms with Crippen molar-refractivity contribution in [2.24, 2.45) is 0 Å². The summed E-state index contributed by atoms with van der Waals surface area (Å²) in [5, 5.41) is 0. The number of aromatic nitrogens is 4. The van der Waals surface area contributed by atoms with Crippen molar-refractivity contribution in [3.05, 3.63) is 29.6 Å². The molecule has 0 spiro atoms. The van der Waals surface area contributed by atoms with Crippen LogP contribution in [0, 0.1) is 13.8 Å². The van der Waals surface area contributed by atoms with E-state index in [1.807, 2.05) is 19.1 Å². The van der Waals surface area contributed by atoms with E-state index in [9.17, 15) is 4.39 Å². The van der Waals surface area contributed by atoms with E-state index in [0.29, 0.717) is 6.54 Å². The number of nitrogens with zero attached hydrogens (tertiary/aromatic N) is 6. The van der Waals surface area contributed by atoms with Gasteiger partial charge in [-0.2, -0.15) is 0 Å². The Hall–Kier alpha value is -2.78. The molecule has 2 aromatic heterocycles. The highest BCUT2D eigenvalue weighted by Crippen LogP contribution is 2.37. The number of methoxy groups -OCH3 is 1. The Morgan fingerprint density at radius 3 is 2.50 bits per heavy atom. The minimum Gasteiger partial charge on any atom is -0.497 e. The molecule has 0 atom stereocenters. The minimum atomic E-state index is -0.309. The first-order valence-electron chi connectivity index (χ1n) is 12.1. The average Bonchev–Trinajstić information content (AvgIpc) is 3.23. The van der Waals surface area contributed by atoms with E-state index in [-0.39, 0.29) is 12.7 Å². The summed E-state index contributed by atoms with van der Waals surface area (Å²) in [6.45, 7) is 8.92. The van der Waals surface area contributed by atoms with Crippen LogP contribution in [-0.4, -0.2) is 84.1 Å². The number of hydrogen-bond acceptors (Lipinski definition) is 7. The van der Waals surface area contributed by atoms with Crippen molar-refractivity contribution in [1.29, 1.82) is 0 Å². The highest BCUT2D eigenvalue weighted by atomic mass is 19.1.